The fourth-order valence-corrected chi connectivity index (χ4v) is 7.99. The summed E-state index contributed by atoms with van der Waals surface area (Å²) in [6, 6.07) is 12.0. The van der Waals surface area contributed by atoms with Crippen LogP contribution in [0, 0.1) is 5.92 Å². The lowest BCUT2D eigenvalue weighted by Gasteiger charge is -2.43. The molecular weight excluding hydrogens is 484 g/mol. The Bertz CT molecular complexity index is 1190. The van der Waals surface area contributed by atoms with Gasteiger partial charge in [-0.15, -0.1) is 0 Å². The van der Waals surface area contributed by atoms with Gasteiger partial charge in [0.25, 0.3) is 5.91 Å². The van der Waals surface area contributed by atoms with Gasteiger partial charge in [0.2, 0.25) is 0 Å². The van der Waals surface area contributed by atoms with Gasteiger partial charge in [-0.1, -0.05) is 11.6 Å². The van der Waals surface area contributed by atoms with Crippen LogP contribution in [0.25, 0.3) is 0 Å². The second kappa shape index (κ2) is 8.04. The zero-order valence-electron chi connectivity index (χ0n) is 19.7. The molecule has 3 aliphatic heterocycles. The van der Waals surface area contributed by atoms with Crippen molar-refractivity contribution < 1.29 is 18.8 Å². The van der Waals surface area contributed by atoms with Crippen LogP contribution < -0.4 is 14.4 Å². The molecule has 2 aromatic carbocycles. The van der Waals surface area contributed by atoms with Crippen molar-refractivity contribution in [3.05, 3.63) is 52.5 Å². The number of ether oxygens (including phenoxy) is 2. The lowest BCUT2D eigenvalue weighted by atomic mass is 9.64. The summed E-state index contributed by atoms with van der Waals surface area (Å²) >= 11 is 5.91. The Morgan fingerprint density at radius 2 is 1.97 bits per heavy atom. The van der Waals surface area contributed by atoms with Crippen molar-refractivity contribution in [3.8, 4) is 11.5 Å². The molecule has 184 valence electrons. The summed E-state index contributed by atoms with van der Waals surface area (Å²) < 4.78 is 23.6. The molecule has 5 aliphatic rings. The number of fused-ring (bicyclic) bond motifs is 1. The van der Waals surface area contributed by atoms with Crippen molar-refractivity contribution in [1.29, 1.82) is 0 Å². The van der Waals surface area contributed by atoms with Gasteiger partial charge >= 0.3 is 0 Å². The summed E-state index contributed by atoms with van der Waals surface area (Å²) in [5.41, 5.74) is 2.96. The van der Waals surface area contributed by atoms with Crippen LogP contribution in [-0.4, -0.2) is 64.2 Å². The number of carbonyl (C=O) groups is 1. The zero-order valence-corrected chi connectivity index (χ0v) is 21.3. The molecule has 0 bridgehead atoms. The summed E-state index contributed by atoms with van der Waals surface area (Å²) in [5, 5.41) is 0.553. The molecule has 6 nitrogen and oxygen atoms in total. The second-order valence-corrected chi connectivity index (χ2v) is 12.7. The number of amides is 1. The minimum Gasteiger partial charge on any atom is -0.616 e. The van der Waals surface area contributed by atoms with Crippen LogP contribution in [0.4, 0.5) is 5.69 Å². The average molecular weight is 513 g/mol. The first-order valence-electron chi connectivity index (χ1n) is 12.6. The molecule has 7 rings (SSSR count). The van der Waals surface area contributed by atoms with E-state index in [2.05, 4.69) is 11.9 Å². The first-order chi connectivity index (χ1) is 16.9. The molecule has 8 heteroatoms. The van der Waals surface area contributed by atoms with Crippen molar-refractivity contribution in [2.24, 2.45) is 5.92 Å². The van der Waals surface area contributed by atoms with Gasteiger partial charge in [0.1, 0.15) is 29.1 Å². The standard InChI is InChI=1S/C27H29ClN2O4S/c1-29-25-13-20(11-17-6-8-27(17,25)29)34-24-5-2-18(12-23(24)28)30-9-7-16-10-19(3-4-22(16)26(30)31)33-21-14-35(32)15-21/h2-5,10,12,17,20-21,25H,6-9,11,13-15H2,1H3/t17-,20+,21?,25-,27?,29-,35?/m1/s1. The predicted molar refractivity (Wildman–Crippen MR) is 136 cm³/mol. The maximum atomic E-state index is 13.3. The van der Waals surface area contributed by atoms with E-state index >= 15 is 0 Å². The minimum atomic E-state index is -0.745. The lowest BCUT2D eigenvalue weighted by Crippen LogP contribution is -2.46. The summed E-state index contributed by atoms with van der Waals surface area (Å²) in [4.78, 5) is 17.6. The highest BCUT2D eigenvalue weighted by molar-refractivity contribution is 7.92. The largest absolute Gasteiger partial charge is 0.616 e. The van der Waals surface area contributed by atoms with E-state index in [0.29, 0.717) is 46.0 Å². The van der Waals surface area contributed by atoms with Crippen LogP contribution in [0.15, 0.2) is 36.4 Å². The lowest BCUT2D eigenvalue weighted by molar-refractivity contribution is 0.0655. The van der Waals surface area contributed by atoms with E-state index in [4.69, 9.17) is 21.1 Å². The number of anilines is 1. The molecule has 2 saturated carbocycles. The molecule has 2 aromatic rings. The maximum absolute atomic E-state index is 13.3. The molecule has 2 saturated heterocycles. The Morgan fingerprint density at radius 1 is 1.11 bits per heavy atom. The quantitative estimate of drug-likeness (QED) is 0.446. The van der Waals surface area contributed by atoms with Crippen LogP contribution >= 0.6 is 11.6 Å². The van der Waals surface area contributed by atoms with Gasteiger partial charge in [-0.2, -0.15) is 0 Å². The number of likely N-dealkylation sites (tertiary alicyclic amines) is 1. The number of benzene rings is 2. The topological polar surface area (TPSA) is 64.8 Å². The highest BCUT2D eigenvalue weighted by Gasteiger charge is 2.71. The van der Waals surface area contributed by atoms with E-state index in [1.165, 1.54) is 12.8 Å². The normalized spacial score (nSPS) is 36.8. The van der Waals surface area contributed by atoms with E-state index in [1.807, 2.05) is 36.4 Å². The third kappa shape index (κ3) is 3.50. The number of rotatable bonds is 5. The van der Waals surface area contributed by atoms with Gasteiger partial charge in [0.15, 0.2) is 6.10 Å². The van der Waals surface area contributed by atoms with Crippen LogP contribution in [-0.2, 0) is 17.6 Å². The molecular formula is C27H29ClN2O4S. The highest BCUT2D eigenvalue weighted by Crippen LogP contribution is 2.64. The van der Waals surface area contributed by atoms with Crippen LogP contribution in [0.1, 0.15) is 41.6 Å². The van der Waals surface area contributed by atoms with E-state index < -0.39 is 11.2 Å². The van der Waals surface area contributed by atoms with E-state index in [1.54, 1.807) is 4.90 Å². The second-order valence-electron chi connectivity index (χ2n) is 10.7. The molecule has 0 N–H and O–H groups in total. The van der Waals surface area contributed by atoms with Gasteiger partial charge in [0, 0.05) is 35.8 Å². The van der Waals surface area contributed by atoms with Crippen molar-refractivity contribution >= 4 is 34.4 Å². The van der Waals surface area contributed by atoms with E-state index in [-0.39, 0.29) is 18.1 Å². The van der Waals surface area contributed by atoms with Crippen molar-refractivity contribution in [2.45, 2.75) is 55.9 Å². The van der Waals surface area contributed by atoms with Gasteiger partial charge in [-0.05, 0) is 91.8 Å². The monoisotopic (exact) mass is 512 g/mol. The van der Waals surface area contributed by atoms with Crippen LogP contribution in [0.2, 0.25) is 5.02 Å². The van der Waals surface area contributed by atoms with Gasteiger partial charge in [-0.25, -0.2) is 0 Å². The Morgan fingerprint density at radius 3 is 2.69 bits per heavy atom. The Hall–Kier alpha value is -1.93. The number of likely N-dealkylation sites (N-methyl/N-ethyl adjacent to an activating group) is 1. The molecule has 2 aliphatic carbocycles. The van der Waals surface area contributed by atoms with Crippen LogP contribution in [0.3, 0.4) is 0 Å². The number of hydrogen-bond donors (Lipinski definition) is 0. The van der Waals surface area contributed by atoms with Crippen molar-refractivity contribution in [3.63, 3.8) is 0 Å². The third-order valence-corrected chi connectivity index (χ3v) is 10.8. The number of halogens is 1. The fraction of sp³-hybridized carbons (Fsp3) is 0.519. The highest BCUT2D eigenvalue weighted by atomic mass is 35.5. The first kappa shape index (κ1) is 22.3. The number of hydrogen-bond acceptors (Lipinski definition) is 5. The summed E-state index contributed by atoms with van der Waals surface area (Å²) in [6.07, 6.45) is 5.77. The summed E-state index contributed by atoms with van der Waals surface area (Å²) in [5.74, 6) is 3.35. The maximum Gasteiger partial charge on any atom is 0.258 e. The number of carbonyl (C=O) groups excluding carboxylic acids is 1. The summed E-state index contributed by atoms with van der Waals surface area (Å²) in [6.45, 7) is 0.583. The molecule has 1 unspecified atom stereocenters. The van der Waals surface area contributed by atoms with E-state index in [0.717, 1.165) is 42.2 Å². The summed E-state index contributed by atoms with van der Waals surface area (Å²) in [7, 11) is 2.25. The van der Waals surface area contributed by atoms with Gasteiger partial charge in [-0.3, -0.25) is 9.69 Å². The van der Waals surface area contributed by atoms with E-state index in [9.17, 15) is 9.35 Å². The van der Waals surface area contributed by atoms with Crippen molar-refractivity contribution in [2.75, 3.05) is 30.0 Å². The molecule has 0 aromatic heterocycles. The minimum absolute atomic E-state index is 0.0163. The molecule has 3 heterocycles. The van der Waals surface area contributed by atoms with Gasteiger partial charge < -0.3 is 18.9 Å². The Labute approximate surface area is 213 Å². The third-order valence-electron chi connectivity index (χ3n) is 8.99. The average Bonchev–Trinajstić information content (AvgIpc) is 3.43. The van der Waals surface area contributed by atoms with Gasteiger partial charge in [0.05, 0.1) is 5.02 Å². The fourth-order valence-electron chi connectivity index (χ4n) is 6.90. The van der Waals surface area contributed by atoms with Crippen molar-refractivity contribution in [1.82, 2.24) is 4.90 Å². The molecule has 1 amide bonds. The predicted octanol–water partition coefficient (Wildman–Crippen LogP) is 4.06. The number of nitrogens with zero attached hydrogens (tertiary/aromatic N) is 2. The first-order valence-corrected chi connectivity index (χ1v) is 14.4. The van der Waals surface area contributed by atoms with Crippen LogP contribution in [0.5, 0.6) is 11.5 Å². The zero-order chi connectivity index (χ0) is 23.9. The molecule has 1 spiro atoms. The Kier molecular flexibility index (Phi) is 5.12. The molecule has 0 radical (unpaired) electrons. The SMILES string of the molecule is C[N@]1[C@@H]2C[C@@H](Oc3ccc(N4CCc5cc(OC6C[S+]([O-])C6)ccc5C4=O)cc3Cl)C[C@H]3CCC321. The molecule has 5 atom stereocenters. The Balaban J connectivity index is 1.03. The molecule has 4 fully saturated rings. The molecule has 35 heavy (non-hydrogen) atoms. The smallest absolute Gasteiger partial charge is 0.258 e.